The highest BCUT2D eigenvalue weighted by atomic mass is 16.5. The molecule has 8 nitrogen and oxygen atoms in total. The van der Waals surface area contributed by atoms with Crippen molar-refractivity contribution in [1.29, 1.82) is 0 Å². The number of nitrogens with one attached hydrogen (secondary N) is 1. The molecule has 2 amide bonds. The largest absolute Gasteiger partial charge is 0.507 e. The molecule has 0 aliphatic carbocycles. The summed E-state index contributed by atoms with van der Waals surface area (Å²) in [6.45, 7) is 1.38. The Morgan fingerprint density at radius 2 is 1.79 bits per heavy atom. The molecule has 166 valence electrons. The lowest BCUT2D eigenvalue weighted by atomic mass is 9.94. The molecule has 4 rings (SSSR count). The third-order valence-electron chi connectivity index (χ3n) is 5.28. The van der Waals surface area contributed by atoms with Crippen molar-refractivity contribution in [3.8, 4) is 5.75 Å². The van der Waals surface area contributed by atoms with Crippen molar-refractivity contribution in [1.82, 2.24) is 4.98 Å². The topological polar surface area (TPSA) is 109 Å². The minimum atomic E-state index is -0.957. The molecule has 1 saturated heterocycles. The average molecular weight is 443 g/mol. The number of methoxy groups -OCH3 is 1. The second-order valence-electron chi connectivity index (χ2n) is 7.38. The molecule has 2 N–H and O–H groups in total. The molecule has 33 heavy (non-hydrogen) atoms. The number of carbonyl (C=O) groups is 3. The number of aromatic nitrogens is 1. The summed E-state index contributed by atoms with van der Waals surface area (Å²) in [6.07, 6.45) is 2.97. The van der Waals surface area contributed by atoms with E-state index in [2.05, 4.69) is 10.3 Å². The quantitative estimate of drug-likeness (QED) is 0.354. The number of hydrogen-bond acceptors (Lipinski definition) is 6. The summed E-state index contributed by atoms with van der Waals surface area (Å²) in [5.41, 5.74) is 1.66. The number of aliphatic hydroxyl groups excluding tert-OH is 1. The molecule has 1 unspecified atom stereocenters. The number of benzene rings is 2. The van der Waals surface area contributed by atoms with Crippen LogP contribution in [0.15, 0.2) is 78.6 Å². The van der Waals surface area contributed by atoms with Crippen LogP contribution in [0.3, 0.4) is 0 Å². The molecule has 1 fully saturated rings. The number of amides is 2. The zero-order valence-corrected chi connectivity index (χ0v) is 18.0. The van der Waals surface area contributed by atoms with Crippen LogP contribution in [0.25, 0.3) is 5.76 Å². The molecular weight excluding hydrogens is 422 g/mol. The SMILES string of the molecule is COc1ccccc1C1/C(=C(\O)c2ccncc2)C(=O)C(=O)N1c1cccc(NC(C)=O)c1. The molecule has 1 atom stereocenters. The molecule has 3 aromatic rings. The Balaban J connectivity index is 1.95. The highest BCUT2D eigenvalue weighted by molar-refractivity contribution is 6.51. The molecule has 2 aromatic carbocycles. The molecule has 1 aromatic heterocycles. The fourth-order valence-corrected chi connectivity index (χ4v) is 3.89. The zero-order chi connectivity index (χ0) is 23.5. The fourth-order valence-electron chi connectivity index (χ4n) is 3.89. The van der Waals surface area contributed by atoms with Gasteiger partial charge in [0.05, 0.1) is 18.7 Å². The average Bonchev–Trinajstić information content (AvgIpc) is 3.09. The number of ether oxygens (including phenoxy) is 1. The first-order valence-electron chi connectivity index (χ1n) is 10.1. The number of Topliss-reactive ketones (excluding diaryl/α,β-unsaturated/α-hetero) is 1. The second kappa shape index (κ2) is 8.96. The first-order chi connectivity index (χ1) is 15.9. The number of pyridine rings is 1. The van der Waals surface area contributed by atoms with E-state index in [-0.39, 0.29) is 17.2 Å². The van der Waals surface area contributed by atoms with Gasteiger partial charge in [0, 0.05) is 41.8 Å². The second-order valence-corrected chi connectivity index (χ2v) is 7.38. The van der Waals surface area contributed by atoms with Gasteiger partial charge in [-0.15, -0.1) is 0 Å². The van der Waals surface area contributed by atoms with Crippen LogP contribution in [0, 0.1) is 0 Å². The van der Waals surface area contributed by atoms with Crippen LogP contribution < -0.4 is 15.0 Å². The van der Waals surface area contributed by atoms with Crippen molar-refractivity contribution in [3.63, 3.8) is 0 Å². The van der Waals surface area contributed by atoms with Gasteiger partial charge in [0.1, 0.15) is 11.5 Å². The molecule has 1 aliphatic heterocycles. The van der Waals surface area contributed by atoms with Gasteiger partial charge >= 0.3 is 0 Å². The Morgan fingerprint density at radius 1 is 1.06 bits per heavy atom. The van der Waals surface area contributed by atoms with E-state index in [4.69, 9.17) is 4.74 Å². The minimum absolute atomic E-state index is 0.0689. The lowest BCUT2D eigenvalue weighted by molar-refractivity contribution is -0.132. The monoisotopic (exact) mass is 443 g/mol. The summed E-state index contributed by atoms with van der Waals surface area (Å²) < 4.78 is 5.50. The van der Waals surface area contributed by atoms with Gasteiger partial charge in [0.2, 0.25) is 5.91 Å². The van der Waals surface area contributed by atoms with Crippen LogP contribution in [0.5, 0.6) is 5.75 Å². The number of ketones is 1. The third kappa shape index (κ3) is 4.06. The number of nitrogens with zero attached hydrogens (tertiary/aromatic N) is 2. The highest BCUT2D eigenvalue weighted by Crippen LogP contribution is 2.45. The number of aliphatic hydroxyl groups is 1. The number of carbonyl (C=O) groups excluding carboxylic acids is 3. The van der Waals surface area contributed by atoms with E-state index in [1.807, 2.05) is 0 Å². The van der Waals surface area contributed by atoms with E-state index < -0.39 is 17.7 Å². The Morgan fingerprint density at radius 3 is 2.48 bits per heavy atom. The summed E-state index contributed by atoms with van der Waals surface area (Å²) in [5, 5.41) is 13.8. The van der Waals surface area contributed by atoms with E-state index in [1.165, 1.54) is 31.3 Å². The minimum Gasteiger partial charge on any atom is -0.507 e. The standard InChI is InChI=1S/C25H21N3O5/c1-15(29)27-17-6-5-7-18(14-17)28-22(19-8-3-4-9-20(19)33-2)21(24(31)25(28)32)23(30)16-10-12-26-13-11-16/h3-14,22,30H,1-2H3,(H,27,29)/b23-21+. The lowest BCUT2D eigenvalue weighted by Crippen LogP contribution is -2.29. The molecule has 1 aliphatic rings. The molecule has 8 heteroatoms. The maximum absolute atomic E-state index is 13.3. The van der Waals surface area contributed by atoms with Gasteiger partial charge in [-0.05, 0) is 36.4 Å². The summed E-state index contributed by atoms with van der Waals surface area (Å²) in [4.78, 5) is 43.2. The maximum Gasteiger partial charge on any atom is 0.300 e. The van der Waals surface area contributed by atoms with Crippen molar-refractivity contribution >= 4 is 34.7 Å². The first-order valence-corrected chi connectivity index (χ1v) is 10.1. The Kier molecular flexibility index (Phi) is 5.91. The van der Waals surface area contributed by atoms with Crippen LogP contribution >= 0.6 is 0 Å². The van der Waals surface area contributed by atoms with Crippen molar-refractivity contribution in [2.45, 2.75) is 13.0 Å². The normalized spacial score (nSPS) is 17.2. The fraction of sp³-hybridized carbons (Fsp3) is 0.120. The molecule has 0 bridgehead atoms. The molecule has 2 heterocycles. The van der Waals surface area contributed by atoms with Crippen LogP contribution in [0.2, 0.25) is 0 Å². The lowest BCUT2D eigenvalue weighted by Gasteiger charge is -2.27. The number of anilines is 2. The van der Waals surface area contributed by atoms with Crippen LogP contribution in [-0.2, 0) is 14.4 Å². The van der Waals surface area contributed by atoms with Gasteiger partial charge < -0.3 is 15.2 Å². The van der Waals surface area contributed by atoms with Crippen LogP contribution in [-0.4, -0.2) is 34.8 Å². The molecular formula is C25H21N3O5. The number of hydrogen-bond donors (Lipinski definition) is 2. The predicted octanol–water partition coefficient (Wildman–Crippen LogP) is 3.67. The van der Waals surface area contributed by atoms with E-state index in [0.29, 0.717) is 28.3 Å². The van der Waals surface area contributed by atoms with Crippen LogP contribution in [0.1, 0.15) is 24.1 Å². The summed E-state index contributed by atoms with van der Waals surface area (Å²) in [6, 6.07) is 15.7. The van der Waals surface area contributed by atoms with E-state index in [9.17, 15) is 19.5 Å². The van der Waals surface area contributed by atoms with E-state index in [0.717, 1.165) is 0 Å². The van der Waals surface area contributed by atoms with Gasteiger partial charge in [-0.2, -0.15) is 0 Å². The van der Waals surface area contributed by atoms with Crippen molar-refractivity contribution < 1.29 is 24.2 Å². The van der Waals surface area contributed by atoms with Gasteiger partial charge in [-0.1, -0.05) is 24.3 Å². The number of rotatable bonds is 5. The predicted molar refractivity (Wildman–Crippen MR) is 123 cm³/mol. The van der Waals surface area contributed by atoms with Gasteiger partial charge in [-0.3, -0.25) is 24.3 Å². The van der Waals surface area contributed by atoms with E-state index >= 15 is 0 Å². The van der Waals surface area contributed by atoms with Crippen molar-refractivity contribution in [3.05, 3.63) is 89.8 Å². The Bertz CT molecular complexity index is 1270. The Labute approximate surface area is 190 Å². The Hall–Kier alpha value is -4.46. The summed E-state index contributed by atoms with van der Waals surface area (Å²) in [5.74, 6) is -1.76. The van der Waals surface area contributed by atoms with Crippen molar-refractivity contribution in [2.75, 3.05) is 17.3 Å². The van der Waals surface area contributed by atoms with Gasteiger partial charge in [0.15, 0.2) is 0 Å². The summed E-state index contributed by atoms with van der Waals surface area (Å²) in [7, 11) is 1.49. The molecule has 0 radical (unpaired) electrons. The van der Waals surface area contributed by atoms with Crippen molar-refractivity contribution in [2.24, 2.45) is 0 Å². The van der Waals surface area contributed by atoms with E-state index in [1.54, 1.807) is 60.7 Å². The van der Waals surface area contributed by atoms with Crippen LogP contribution in [0.4, 0.5) is 11.4 Å². The smallest absolute Gasteiger partial charge is 0.300 e. The molecule has 0 saturated carbocycles. The molecule has 0 spiro atoms. The van der Waals surface area contributed by atoms with Gasteiger partial charge in [0.25, 0.3) is 11.7 Å². The zero-order valence-electron chi connectivity index (χ0n) is 18.0. The first kappa shape index (κ1) is 21.8. The number of para-hydroxylation sites is 1. The summed E-state index contributed by atoms with van der Waals surface area (Å²) >= 11 is 0. The van der Waals surface area contributed by atoms with Gasteiger partial charge in [-0.25, -0.2) is 0 Å². The third-order valence-corrected chi connectivity index (χ3v) is 5.28. The highest BCUT2D eigenvalue weighted by Gasteiger charge is 2.48. The maximum atomic E-state index is 13.3.